The molecule has 0 spiro atoms. The van der Waals surface area contributed by atoms with Crippen molar-refractivity contribution in [3.63, 3.8) is 0 Å². The Balaban J connectivity index is 2.03. The Morgan fingerprint density at radius 1 is 0.815 bits per heavy atom. The molecule has 0 amide bonds. The molecule has 0 aliphatic carbocycles. The fourth-order valence-corrected chi connectivity index (χ4v) is 4.22. The summed E-state index contributed by atoms with van der Waals surface area (Å²) in [7, 11) is -3.65. The van der Waals surface area contributed by atoms with Gasteiger partial charge in [0.2, 0.25) is 0 Å². The molecular formula is C22H38O4S. The van der Waals surface area contributed by atoms with Crippen LogP contribution >= 0.6 is 0 Å². The third-order valence-electron chi connectivity index (χ3n) is 4.92. The van der Waals surface area contributed by atoms with E-state index in [0.717, 1.165) is 12.8 Å². The Kier molecular flexibility index (Phi) is 12.2. The number of unbranched alkanes of at least 4 members (excludes halogenated alkanes) is 12. The SMILES string of the molecule is CCCCCCCCCCCCCCCS(=O)(=O)Oc1cccc(C)c1O. The van der Waals surface area contributed by atoms with Crippen LogP contribution in [0.5, 0.6) is 11.5 Å². The van der Waals surface area contributed by atoms with Crippen LogP contribution in [0.2, 0.25) is 0 Å². The summed E-state index contributed by atoms with van der Waals surface area (Å²) in [6.45, 7) is 3.96. The van der Waals surface area contributed by atoms with Gasteiger partial charge in [-0.3, -0.25) is 0 Å². The summed E-state index contributed by atoms with van der Waals surface area (Å²) in [4.78, 5) is 0. The van der Waals surface area contributed by atoms with E-state index in [9.17, 15) is 13.5 Å². The van der Waals surface area contributed by atoms with Crippen LogP contribution in [0, 0.1) is 6.92 Å². The maximum atomic E-state index is 12.0. The molecule has 27 heavy (non-hydrogen) atoms. The Labute approximate surface area is 166 Å². The fourth-order valence-electron chi connectivity index (χ4n) is 3.17. The maximum Gasteiger partial charge on any atom is 0.309 e. The first-order chi connectivity index (χ1) is 13.0. The number of hydrogen-bond acceptors (Lipinski definition) is 4. The van der Waals surface area contributed by atoms with E-state index in [4.69, 9.17) is 4.18 Å². The predicted octanol–water partition coefficient (Wildman–Crippen LogP) is 6.50. The molecule has 1 aromatic rings. The normalized spacial score (nSPS) is 11.6. The van der Waals surface area contributed by atoms with E-state index in [2.05, 4.69) is 6.92 Å². The third kappa shape index (κ3) is 11.3. The first kappa shape index (κ1) is 23.8. The van der Waals surface area contributed by atoms with E-state index >= 15 is 0 Å². The molecule has 0 atom stereocenters. The molecule has 0 heterocycles. The van der Waals surface area contributed by atoms with Crippen LogP contribution in [-0.4, -0.2) is 19.3 Å². The Bertz CT molecular complexity index is 611. The van der Waals surface area contributed by atoms with Gasteiger partial charge in [0.25, 0.3) is 0 Å². The van der Waals surface area contributed by atoms with E-state index in [1.54, 1.807) is 19.1 Å². The summed E-state index contributed by atoms with van der Waals surface area (Å²) < 4.78 is 29.1. The van der Waals surface area contributed by atoms with Gasteiger partial charge >= 0.3 is 10.1 Å². The maximum absolute atomic E-state index is 12.0. The summed E-state index contributed by atoms with van der Waals surface area (Å²) in [5, 5.41) is 9.86. The van der Waals surface area contributed by atoms with Gasteiger partial charge < -0.3 is 9.29 Å². The van der Waals surface area contributed by atoms with Crippen LogP contribution in [0.4, 0.5) is 0 Å². The smallest absolute Gasteiger partial charge is 0.309 e. The lowest BCUT2D eigenvalue weighted by molar-refractivity contribution is 0.424. The van der Waals surface area contributed by atoms with Crippen LogP contribution in [0.1, 0.15) is 96.0 Å². The standard InChI is InChI=1S/C22H38O4S/c1-3-4-5-6-7-8-9-10-11-12-13-14-15-19-27(24,25)26-21-18-16-17-20(2)22(21)23/h16-18,23H,3-15,19H2,1-2H3. The molecule has 0 aromatic heterocycles. The molecule has 0 saturated heterocycles. The number of para-hydroxylation sites is 1. The molecule has 0 unspecified atom stereocenters. The van der Waals surface area contributed by atoms with Crippen molar-refractivity contribution in [3.8, 4) is 11.5 Å². The highest BCUT2D eigenvalue weighted by atomic mass is 32.2. The van der Waals surface area contributed by atoms with Crippen molar-refractivity contribution in [1.29, 1.82) is 0 Å². The molecule has 5 heteroatoms. The minimum Gasteiger partial charge on any atom is -0.504 e. The number of aryl methyl sites for hydroxylation is 1. The Morgan fingerprint density at radius 3 is 1.81 bits per heavy atom. The van der Waals surface area contributed by atoms with E-state index in [1.807, 2.05) is 0 Å². The van der Waals surface area contributed by atoms with E-state index in [-0.39, 0.29) is 17.3 Å². The number of phenols is 1. The number of aromatic hydroxyl groups is 1. The Morgan fingerprint density at radius 2 is 1.30 bits per heavy atom. The molecule has 0 bridgehead atoms. The quantitative estimate of drug-likeness (QED) is 0.255. The van der Waals surface area contributed by atoms with Gasteiger partial charge in [-0.05, 0) is 25.0 Å². The average Bonchev–Trinajstić information content (AvgIpc) is 2.63. The molecule has 1 aromatic carbocycles. The summed E-state index contributed by atoms with van der Waals surface area (Å²) in [5.41, 5.74) is 0.601. The van der Waals surface area contributed by atoms with Crippen LogP contribution < -0.4 is 4.18 Å². The zero-order valence-corrected chi connectivity index (χ0v) is 18.0. The van der Waals surface area contributed by atoms with Gasteiger partial charge in [-0.1, -0.05) is 96.1 Å². The minimum atomic E-state index is -3.65. The zero-order chi connectivity index (χ0) is 20.0. The lowest BCUT2D eigenvalue weighted by Crippen LogP contribution is -2.14. The van der Waals surface area contributed by atoms with Crippen LogP contribution in [0.3, 0.4) is 0 Å². The number of phenolic OH excluding ortho intramolecular Hbond substituents is 1. The van der Waals surface area contributed by atoms with Gasteiger partial charge in [-0.2, -0.15) is 8.42 Å². The second kappa shape index (κ2) is 13.9. The molecule has 0 fully saturated rings. The lowest BCUT2D eigenvalue weighted by atomic mass is 10.1. The van der Waals surface area contributed by atoms with E-state index in [0.29, 0.717) is 12.0 Å². The van der Waals surface area contributed by atoms with Crippen molar-refractivity contribution >= 4 is 10.1 Å². The van der Waals surface area contributed by atoms with Gasteiger partial charge in [0.05, 0.1) is 5.75 Å². The summed E-state index contributed by atoms with van der Waals surface area (Å²) >= 11 is 0. The van der Waals surface area contributed by atoms with Crippen molar-refractivity contribution in [1.82, 2.24) is 0 Å². The minimum absolute atomic E-state index is 0.00184. The zero-order valence-electron chi connectivity index (χ0n) is 17.2. The molecule has 156 valence electrons. The van der Waals surface area contributed by atoms with Crippen molar-refractivity contribution in [2.45, 2.75) is 97.3 Å². The number of benzene rings is 1. The van der Waals surface area contributed by atoms with E-state index in [1.165, 1.54) is 70.3 Å². The number of rotatable bonds is 16. The van der Waals surface area contributed by atoms with Crippen LogP contribution in [-0.2, 0) is 10.1 Å². The highest BCUT2D eigenvalue weighted by molar-refractivity contribution is 7.87. The predicted molar refractivity (Wildman–Crippen MR) is 113 cm³/mol. The first-order valence-electron chi connectivity index (χ1n) is 10.7. The molecule has 0 aliphatic heterocycles. The number of hydrogen-bond donors (Lipinski definition) is 1. The first-order valence-corrected chi connectivity index (χ1v) is 12.2. The third-order valence-corrected chi connectivity index (χ3v) is 6.14. The largest absolute Gasteiger partial charge is 0.504 e. The van der Waals surface area contributed by atoms with Crippen LogP contribution in [0.15, 0.2) is 18.2 Å². The van der Waals surface area contributed by atoms with Crippen molar-refractivity contribution in [3.05, 3.63) is 23.8 Å². The van der Waals surface area contributed by atoms with Crippen molar-refractivity contribution in [2.75, 3.05) is 5.75 Å². The fraction of sp³-hybridized carbons (Fsp3) is 0.727. The summed E-state index contributed by atoms with van der Waals surface area (Å²) in [5.74, 6) is -0.0888. The second-order valence-electron chi connectivity index (χ2n) is 7.51. The summed E-state index contributed by atoms with van der Waals surface area (Å²) in [6, 6.07) is 4.86. The molecule has 1 rings (SSSR count). The molecule has 0 aliphatic rings. The van der Waals surface area contributed by atoms with E-state index < -0.39 is 10.1 Å². The molecule has 1 N–H and O–H groups in total. The van der Waals surface area contributed by atoms with Gasteiger partial charge in [0.15, 0.2) is 11.5 Å². The second-order valence-corrected chi connectivity index (χ2v) is 9.20. The monoisotopic (exact) mass is 398 g/mol. The lowest BCUT2D eigenvalue weighted by Gasteiger charge is -2.09. The van der Waals surface area contributed by atoms with Gasteiger partial charge in [0.1, 0.15) is 0 Å². The van der Waals surface area contributed by atoms with Crippen LogP contribution in [0.25, 0.3) is 0 Å². The van der Waals surface area contributed by atoms with Gasteiger partial charge in [-0.25, -0.2) is 0 Å². The molecular weight excluding hydrogens is 360 g/mol. The molecule has 0 radical (unpaired) electrons. The topological polar surface area (TPSA) is 63.6 Å². The van der Waals surface area contributed by atoms with Crippen molar-refractivity contribution in [2.24, 2.45) is 0 Å². The molecule has 0 saturated carbocycles. The average molecular weight is 399 g/mol. The van der Waals surface area contributed by atoms with Crippen molar-refractivity contribution < 1.29 is 17.7 Å². The van der Waals surface area contributed by atoms with Gasteiger partial charge in [0, 0.05) is 0 Å². The van der Waals surface area contributed by atoms with Gasteiger partial charge in [-0.15, -0.1) is 0 Å². The highest BCUT2D eigenvalue weighted by Crippen LogP contribution is 2.30. The summed E-state index contributed by atoms with van der Waals surface area (Å²) in [6.07, 6.45) is 15.8. The molecule has 4 nitrogen and oxygen atoms in total. The Hall–Kier alpha value is -1.23. The highest BCUT2D eigenvalue weighted by Gasteiger charge is 2.15.